The number of rotatable bonds is 3. The molecule has 0 bridgehead atoms. The number of benzene rings is 1. The number of hydrogen-bond acceptors (Lipinski definition) is 2. The van der Waals surface area contributed by atoms with Gasteiger partial charge in [-0.05, 0) is 29.8 Å². The zero-order valence-electron chi connectivity index (χ0n) is 10.2. The van der Waals surface area contributed by atoms with Crippen molar-refractivity contribution in [1.29, 1.82) is 0 Å². The molecule has 1 amide bonds. The van der Waals surface area contributed by atoms with Gasteiger partial charge in [0.15, 0.2) is 11.6 Å². The van der Waals surface area contributed by atoms with Crippen LogP contribution in [0.1, 0.15) is 34.5 Å². The highest BCUT2D eigenvalue weighted by atomic mass is 19.2. The van der Waals surface area contributed by atoms with E-state index in [0.29, 0.717) is 11.3 Å². The lowest BCUT2D eigenvalue weighted by Gasteiger charge is -2.14. The summed E-state index contributed by atoms with van der Waals surface area (Å²) >= 11 is 0. The largest absolute Gasteiger partial charge is 0.366 e. The predicted octanol–water partition coefficient (Wildman–Crippen LogP) is 2.61. The molecule has 0 aliphatic heterocycles. The van der Waals surface area contributed by atoms with Crippen molar-refractivity contribution in [2.24, 2.45) is 5.73 Å². The first-order valence-electron chi connectivity index (χ1n) is 5.70. The molecule has 2 aromatic rings. The molecule has 0 radical (unpaired) electrons. The Morgan fingerprint density at radius 2 is 2.00 bits per heavy atom. The van der Waals surface area contributed by atoms with Gasteiger partial charge in [0, 0.05) is 12.1 Å². The van der Waals surface area contributed by atoms with Gasteiger partial charge in [-0.1, -0.05) is 13.0 Å². The fraction of sp³-hybridized carbons (Fsp3) is 0.143. The highest BCUT2D eigenvalue weighted by Crippen LogP contribution is 2.26. The van der Waals surface area contributed by atoms with Crippen LogP contribution >= 0.6 is 0 Å². The summed E-state index contributed by atoms with van der Waals surface area (Å²) in [6, 6.07) is 6.76. The van der Waals surface area contributed by atoms with Gasteiger partial charge in [0.25, 0.3) is 5.91 Å². The summed E-state index contributed by atoms with van der Waals surface area (Å²) in [6.07, 6.45) is 1.53. The number of aromatic nitrogens is 1. The highest BCUT2D eigenvalue weighted by molar-refractivity contribution is 5.94. The number of carbonyl (C=O) groups is 1. The van der Waals surface area contributed by atoms with Gasteiger partial charge in [0.2, 0.25) is 0 Å². The Morgan fingerprint density at radius 3 is 2.63 bits per heavy atom. The van der Waals surface area contributed by atoms with Crippen LogP contribution in [0.4, 0.5) is 8.78 Å². The summed E-state index contributed by atoms with van der Waals surface area (Å²) in [5.41, 5.74) is 6.52. The van der Waals surface area contributed by atoms with Crippen LogP contribution in [0.3, 0.4) is 0 Å². The lowest BCUT2D eigenvalue weighted by molar-refractivity contribution is 0.0998. The van der Waals surface area contributed by atoms with Crippen LogP contribution in [0.25, 0.3) is 0 Å². The Kier molecular flexibility index (Phi) is 3.55. The smallest absolute Gasteiger partial charge is 0.250 e. The number of pyridine rings is 1. The monoisotopic (exact) mass is 262 g/mol. The lowest BCUT2D eigenvalue weighted by atomic mass is 9.93. The fourth-order valence-electron chi connectivity index (χ4n) is 1.91. The zero-order chi connectivity index (χ0) is 14.0. The molecule has 1 heterocycles. The molecule has 2 N–H and O–H groups in total. The van der Waals surface area contributed by atoms with Gasteiger partial charge in [0.1, 0.15) is 0 Å². The fourth-order valence-corrected chi connectivity index (χ4v) is 1.91. The quantitative estimate of drug-likeness (QED) is 0.924. The Labute approximate surface area is 109 Å². The minimum atomic E-state index is -0.930. The van der Waals surface area contributed by atoms with Crippen molar-refractivity contribution in [3.05, 3.63) is 65.0 Å². The normalized spacial score (nSPS) is 12.2. The van der Waals surface area contributed by atoms with Gasteiger partial charge in [-0.15, -0.1) is 0 Å². The molecule has 0 saturated carbocycles. The number of nitrogens with zero attached hydrogens (tertiary/aromatic N) is 1. The summed E-state index contributed by atoms with van der Waals surface area (Å²) in [6.45, 7) is 1.75. The van der Waals surface area contributed by atoms with Gasteiger partial charge in [-0.2, -0.15) is 0 Å². The second kappa shape index (κ2) is 5.14. The van der Waals surface area contributed by atoms with Crippen molar-refractivity contribution in [2.75, 3.05) is 0 Å². The molecule has 0 spiro atoms. The van der Waals surface area contributed by atoms with Crippen LogP contribution in [0.5, 0.6) is 0 Å². The van der Waals surface area contributed by atoms with E-state index < -0.39 is 17.5 Å². The van der Waals surface area contributed by atoms with Crippen LogP contribution in [0.15, 0.2) is 36.5 Å². The molecular weight excluding hydrogens is 250 g/mol. The third-order valence-corrected chi connectivity index (χ3v) is 2.96. The van der Waals surface area contributed by atoms with Crippen LogP contribution in [-0.4, -0.2) is 10.9 Å². The number of carbonyl (C=O) groups excluding carboxylic acids is 1. The first kappa shape index (κ1) is 13.1. The van der Waals surface area contributed by atoms with Crippen LogP contribution in [-0.2, 0) is 0 Å². The van der Waals surface area contributed by atoms with E-state index in [-0.39, 0.29) is 11.5 Å². The molecule has 1 atom stereocenters. The van der Waals surface area contributed by atoms with Gasteiger partial charge < -0.3 is 5.73 Å². The average molecular weight is 262 g/mol. The van der Waals surface area contributed by atoms with E-state index in [2.05, 4.69) is 4.98 Å². The van der Waals surface area contributed by atoms with Gasteiger partial charge in [-0.25, -0.2) is 8.78 Å². The summed E-state index contributed by atoms with van der Waals surface area (Å²) < 4.78 is 26.1. The van der Waals surface area contributed by atoms with E-state index >= 15 is 0 Å². The van der Waals surface area contributed by atoms with Gasteiger partial charge in [0.05, 0.1) is 11.3 Å². The molecule has 0 aliphatic rings. The molecule has 19 heavy (non-hydrogen) atoms. The Morgan fingerprint density at radius 1 is 1.26 bits per heavy atom. The number of hydrogen-bond donors (Lipinski definition) is 1. The van der Waals surface area contributed by atoms with E-state index in [9.17, 15) is 13.6 Å². The molecule has 2 rings (SSSR count). The lowest BCUT2D eigenvalue weighted by Crippen LogP contribution is -2.16. The SMILES string of the molecule is CC(c1ccc(F)c(F)c1)c1ncccc1C(N)=O. The van der Waals surface area contributed by atoms with Crippen molar-refractivity contribution >= 4 is 5.91 Å². The minimum Gasteiger partial charge on any atom is -0.366 e. The third kappa shape index (κ3) is 2.59. The molecule has 1 aromatic carbocycles. The van der Waals surface area contributed by atoms with Crippen LogP contribution in [0, 0.1) is 11.6 Å². The molecular formula is C14H12F2N2O. The van der Waals surface area contributed by atoms with Gasteiger partial charge in [-0.3, -0.25) is 9.78 Å². The molecule has 98 valence electrons. The van der Waals surface area contributed by atoms with Gasteiger partial charge >= 0.3 is 0 Å². The van der Waals surface area contributed by atoms with E-state index in [0.717, 1.165) is 12.1 Å². The number of amides is 1. The second-order valence-electron chi connectivity index (χ2n) is 4.20. The van der Waals surface area contributed by atoms with Crippen molar-refractivity contribution < 1.29 is 13.6 Å². The first-order valence-corrected chi connectivity index (χ1v) is 5.70. The molecule has 0 aliphatic carbocycles. The zero-order valence-corrected chi connectivity index (χ0v) is 10.2. The molecule has 1 aromatic heterocycles. The van der Waals surface area contributed by atoms with Crippen molar-refractivity contribution in [1.82, 2.24) is 4.98 Å². The standard InChI is InChI=1S/C14H12F2N2O/c1-8(9-4-5-11(15)12(16)7-9)13-10(14(17)19)3-2-6-18-13/h2-8H,1H3,(H2,17,19). The Balaban J connectivity index is 2.46. The molecule has 0 saturated heterocycles. The topological polar surface area (TPSA) is 56.0 Å². The van der Waals surface area contributed by atoms with E-state index in [1.165, 1.54) is 12.3 Å². The Hall–Kier alpha value is -2.30. The highest BCUT2D eigenvalue weighted by Gasteiger charge is 2.18. The summed E-state index contributed by atoms with van der Waals surface area (Å²) in [7, 11) is 0. The summed E-state index contributed by atoms with van der Waals surface area (Å²) in [4.78, 5) is 15.4. The molecule has 0 fully saturated rings. The number of primary amides is 1. The average Bonchev–Trinajstić information content (AvgIpc) is 2.41. The first-order chi connectivity index (χ1) is 9.00. The predicted molar refractivity (Wildman–Crippen MR) is 66.6 cm³/mol. The van der Waals surface area contributed by atoms with Crippen molar-refractivity contribution in [3.63, 3.8) is 0 Å². The maximum Gasteiger partial charge on any atom is 0.250 e. The van der Waals surface area contributed by atoms with E-state index in [1.54, 1.807) is 19.1 Å². The number of nitrogens with two attached hydrogens (primary N) is 1. The Bertz CT molecular complexity index is 629. The molecule has 3 nitrogen and oxygen atoms in total. The van der Waals surface area contributed by atoms with Crippen LogP contribution < -0.4 is 5.73 Å². The van der Waals surface area contributed by atoms with E-state index in [1.807, 2.05) is 0 Å². The minimum absolute atomic E-state index is 0.278. The maximum absolute atomic E-state index is 13.2. The summed E-state index contributed by atoms with van der Waals surface area (Å²) in [5.74, 6) is -2.80. The van der Waals surface area contributed by atoms with Crippen molar-refractivity contribution in [2.45, 2.75) is 12.8 Å². The second-order valence-corrected chi connectivity index (χ2v) is 4.20. The maximum atomic E-state index is 13.2. The number of halogens is 2. The molecule has 1 unspecified atom stereocenters. The van der Waals surface area contributed by atoms with Crippen LogP contribution in [0.2, 0.25) is 0 Å². The van der Waals surface area contributed by atoms with E-state index in [4.69, 9.17) is 5.73 Å². The molecule has 5 heteroatoms. The third-order valence-electron chi connectivity index (χ3n) is 2.96. The van der Waals surface area contributed by atoms with Crippen molar-refractivity contribution in [3.8, 4) is 0 Å². The summed E-state index contributed by atoms with van der Waals surface area (Å²) in [5, 5.41) is 0.